The van der Waals surface area contributed by atoms with E-state index >= 15 is 0 Å². The van der Waals surface area contributed by atoms with E-state index in [0.29, 0.717) is 12.5 Å². The van der Waals surface area contributed by atoms with Gasteiger partial charge in [0.05, 0.1) is 12.5 Å². The number of nitrogens with one attached hydrogen (secondary N) is 3. The number of hydrogen-bond acceptors (Lipinski definition) is 6. The van der Waals surface area contributed by atoms with Gasteiger partial charge in [-0.05, 0) is 30.9 Å². The van der Waals surface area contributed by atoms with E-state index in [9.17, 15) is 16.8 Å². The quantitative estimate of drug-likeness (QED) is 0.583. The molecule has 9 nitrogen and oxygen atoms in total. The molecule has 0 saturated carbocycles. The Balaban J connectivity index is 0.000000280. The maximum absolute atomic E-state index is 11.6. The highest BCUT2D eigenvalue weighted by atomic mass is 32.2. The molecule has 2 aromatic heterocycles. The van der Waals surface area contributed by atoms with Crippen LogP contribution in [-0.2, 0) is 20.0 Å². The summed E-state index contributed by atoms with van der Waals surface area (Å²) < 4.78 is 51.5. The maximum Gasteiger partial charge on any atom is 0.257 e. The monoisotopic (exact) mass is 431 g/mol. The van der Waals surface area contributed by atoms with E-state index in [1.807, 2.05) is 34.6 Å². The zero-order valence-electron chi connectivity index (χ0n) is 16.7. The van der Waals surface area contributed by atoms with Crippen LogP contribution < -0.4 is 9.44 Å². The fourth-order valence-corrected chi connectivity index (χ4v) is 4.17. The van der Waals surface area contributed by atoms with Crippen LogP contribution in [0.4, 0.5) is 0 Å². The van der Waals surface area contributed by atoms with E-state index in [1.165, 1.54) is 24.8 Å². The van der Waals surface area contributed by atoms with Gasteiger partial charge in [0.1, 0.15) is 4.90 Å². The Labute approximate surface area is 167 Å². The highest BCUT2D eigenvalue weighted by Gasteiger charge is 2.20. The lowest BCUT2D eigenvalue weighted by molar-refractivity contribution is 0.475. The number of sulfonamides is 2. The van der Waals surface area contributed by atoms with Crippen molar-refractivity contribution < 1.29 is 16.8 Å². The normalized spacial score (nSPS) is 13.2. The van der Waals surface area contributed by atoms with Gasteiger partial charge in [0.25, 0.3) is 10.0 Å². The largest absolute Gasteiger partial charge is 0.335 e. The second-order valence-corrected chi connectivity index (χ2v) is 10.5. The van der Waals surface area contributed by atoms with Crippen LogP contribution in [-0.4, -0.2) is 44.4 Å². The third-order valence-corrected chi connectivity index (χ3v) is 6.62. The molecule has 0 saturated heterocycles. The highest BCUT2D eigenvalue weighted by molar-refractivity contribution is 7.89. The molecule has 0 aromatic carbocycles. The molecule has 28 heavy (non-hydrogen) atoms. The van der Waals surface area contributed by atoms with Crippen molar-refractivity contribution in [1.29, 1.82) is 0 Å². The van der Waals surface area contributed by atoms with Crippen molar-refractivity contribution in [3.63, 3.8) is 0 Å². The lowest BCUT2D eigenvalue weighted by Crippen LogP contribution is -2.36. The molecule has 2 rings (SSSR count). The van der Waals surface area contributed by atoms with Gasteiger partial charge in [0, 0.05) is 25.0 Å². The average molecular weight is 432 g/mol. The van der Waals surface area contributed by atoms with Crippen molar-refractivity contribution in [2.75, 3.05) is 6.54 Å². The van der Waals surface area contributed by atoms with Crippen LogP contribution in [0.2, 0.25) is 0 Å². The van der Waals surface area contributed by atoms with E-state index in [-0.39, 0.29) is 21.9 Å². The molecular weight excluding hydrogens is 402 g/mol. The van der Waals surface area contributed by atoms with Crippen LogP contribution in [0.15, 0.2) is 47.0 Å². The van der Waals surface area contributed by atoms with Crippen LogP contribution in [0.3, 0.4) is 0 Å². The summed E-state index contributed by atoms with van der Waals surface area (Å²) in [6.07, 6.45) is 5.51. The first-order valence-electron chi connectivity index (χ1n) is 8.86. The molecule has 1 atom stereocenters. The molecule has 0 fully saturated rings. The van der Waals surface area contributed by atoms with Gasteiger partial charge in [-0.15, -0.1) is 0 Å². The molecule has 3 N–H and O–H groups in total. The summed E-state index contributed by atoms with van der Waals surface area (Å²) >= 11 is 0. The highest BCUT2D eigenvalue weighted by Crippen LogP contribution is 2.07. The molecule has 1 unspecified atom stereocenters. The predicted molar refractivity (Wildman–Crippen MR) is 107 cm³/mol. The minimum Gasteiger partial charge on any atom is -0.335 e. The lowest BCUT2D eigenvalue weighted by Gasteiger charge is -2.16. The van der Waals surface area contributed by atoms with Gasteiger partial charge in [-0.2, -0.15) is 0 Å². The Hall–Kier alpha value is -1.82. The van der Waals surface area contributed by atoms with Crippen molar-refractivity contribution in [2.45, 2.75) is 50.6 Å². The Bertz CT molecular complexity index is 884. The average Bonchev–Trinajstić information content (AvgIpc) is 3.17. The first-order valence-corrected chi connectivity index (χ1v) is 11.8. The lowest BCUT2D eigenvalue weighted by atomic mass is 10.1. The van der Waals surface area contributed by atoms with Crippen LogP contribution in [0.5, 0.6) is 0 Å². The predicted octanol–water partition coefficient (Wildman–Crippen LogP) is 1.75. The van der Waals surface area contributed by atoms with E-state index in [4.69, 9.17) is 0 Å². The number of pyridine rings is 1. The standard InChI is InChI=1S/C9H14N2O2S.C8H15N3O2S/c1-8(2)6-11-14(12,13)9-4-3-5-10-7-9;1-6(2)7(3)11-14(12,13)8-4-9-5-10-8/h3-5,7-8,11H,6H2,1-2H3;4-7,11H,1-3H3,(H,9,10). The number of nitrogens with zero attached hydrogens (tertiary/aromatic N) is 2. The number of H-pyrrole nitrogens is 1. The molecule has 0 aliphatic rings. The number of aromatic nitrogens is 3. The Morgan fingerprint density at radius 2 is 1.68 bits per heavy atom. The van der Waals surface area contributed by atoms with Gasteiger partial charge in [-0.1, -0.05) is 27.7 Å². The van der Waals surface area contributed by atoms with Crippen molar-refractivity contribution in [3.8, 4) is 0 Å². The molecule has 11 heteroatoms. The second-order valence-electron chi connectivity index (χ2n) is 7.00. The summed E-state index contributed by atoms with van der Waals surface area (Å²) in [6.45, 7) is 10.1. The summed E-state index contributed by atoms with van der Waals surface area (Å²) in [6, 6.07) is 3.03. The molecule has 2 heterocycles. The van der Waals surface area contributed by atoms with Crippen LogP contribution in [0.1, 0.15) is 34.6 Å². The Kier molecular flexibility index (Phi) is 9.21. The second kappa shape index (κ2) is 10.6. The van der Waals surface area contributed by atoms with E-state index in [0.717, 1.165) is 0 Å². The SMILES string of the molecule is CC(C)C(C)NS(=O)(=O)c1cnc[nH]1.CC(C)CNS(=O)(=O)c1cccnc1. The molecule has 0 aliphatic carbocycles. The maximum atomic E-state index is 11.6. The topological polar surface area (TPSA) is 134 Å². The smallest absolute Gasteiger partial charge is 0.257 e. The molecule has 0 radical (unpaired) electrons. The summed E-state index contributed by atoms with van der Waals surface area (Å²) in [4.78, 5) is 10.2. The van der Waals surface area contributed by atoms with Gasteiger partial charge >= 0.3 is 0 Å². The number of imidazole rings is 1. The third kappa shape index (κ3) is 8.05. The van der Waals surface area contributed by atoms with E-state index in [1.54, 1.807) is 12.3 Å². The zero-order valence-corrected chi connectivity index (χ0v) is 18.4. The first kappa shape index (κ1) is 24.2. The Morgan fingerprint density at radius 1 is 1.00 bits per heavy atom. The minimum atomic E-state index is -3.43. The number of aromatic amines is 1. The fraction of sp³-hybridized carbons (Fsp3) is 0.529. The van der Waals surface area contributed by atoms with Gasteiger partial charge in [0.2, 0.25) is 10.0 Å². The van der Waals surface area contributed by atoms with Crippen molar-refractivity contribution >= 4 is 20.0 Å². The third-order valence-electron chi connectivity index (χ3n) is 3.73. The molecule has 0 aliphatic heterocycles. The summed E-state index contributed by atoms with van der Waals surface area (Å²) in [5.74, 6) is 0.550. The van der Waals surface area contributed by atoms with E-state index in [2.05, 4.69) is 24.4 Å². The molecular formula is C17H29N5O4S2. The van der Waals surface area contributed by atoms with Crippen molar-refractivity contribution in [2.24, 2.45) is 11.8 Å². The summed E-state index contributed by atoms with van der Waals surface area (Å²) in [5, 5.41) is 0.102. The fourth-order valence-electron chi connectivity index (χ4n) is 1.70. The van der Waals surface area contributed by atoms with Gasteiger partial charge < -0.3 is 4.98 Å². The Morgan fingerprint density at radius 3 is 2.14 bits per heavy atom. The number of rotatable bonds is 8. The van der Waals surface area contributed by atoms with Crippen molar-refractivity contribution in [3.05, 3.63) is 37.1 Å². The van der Waals surface area contributed by atoms with E-state index < -0.39 is 20.0 Å². The van der Waals surface area contributed by atoms with Crippen LogP contribution in [0, 0.1) is 11.8 Å². The minimum absolute atomic E-state index is 0.0942. The molecule has 0 spiro atoms. The molecule has 2 aromatic rings. The number of hydrogen-bond donors (Lipinski definition) is 3. The summed E-state index contributed by atoms with van der Waals surface area (Å²) in [5.41, 5.74) is 0. The van der Waals surface area contributed by atoms with Crippen molar-refractivity contribution in [1.82, 2.24) is 24.4 Å². The van der Waals surface area contributed by atoms with Gasteiger partial charge in [0.15, 0.2) is 5.03 Å². The van der Waals surface area contributed by atoms with Gasteiger partial charge in [-0.25, -0.2) is 31.3 Å². The molecule has 0 amide bonds. The summed E-state index contributed by atoms with van der Waals surface area (Å²) in [7, 11) is -6.80. The van der Waals surface area contributed by atoms with Gasteiger partial charge in [-0.3, -0.25) is 4.98 Å². The first-order chi connectivity index (χ1) is 13.0. The molecule has 158 valence electrons. The zero-order chi connectivity index (χ0) is 21.4. The molecule has 0 bridgehead atoms. The van der Waals surface area contributed by atoms with Crippen LogP contribution >= 0.6 is 0 Å². The van der Waals surface area contributed by atoms with Crippen LogP contribution in [0.25, 0.3) is 0 Å².